The van der Waals surface area contributed by atoms with Gasteiger partial charge in [0.1, 0.15) is 12.7 Å². The summed E-state index contributed by atoms with van der Waals surface area (Å²) in [5.41, 5.74) is 2.52. The van der Waals surface area contributed by atoms with Crippen molar-refractivity contribution in [3.8, 4) is 0 Å². The van der Waals surface area contributed by atoms with Crippen molar-refractivity contribution in [3.05, 3.63) is 60.7 Å². The fourth-order valence-electron chi connectivity index (χ4n) is 1.56. The van der Waals surface area contributed by atoms with Gasteiger partial charge in [0.05, 0.1) is 6.54 Å². The van der Waals surface area contributed by atoms with Crippen molar-refractivity contribution >= 4 is 0 Å². The summed E-state index contributed by atoms with van der Waals surface area (Å²) in [5, 5.41) is 4.07. The zero-order valence-electron chi connectivity index (χ0n) is 9.37. The summed E-state index contributed by atoms with van der Waals surface area (Å²) in [4.78, 5) is 3.92. The Morgan fingerprint density at radius 1 is 1.38 bits per heavy atom. The summed E-state index contributed by atoms with van der Waals surface area (Å²) in [6, 6.07) is 8.52. The van der Waals surface area contributed by atoms with Crippen LogP contribution >= 0.6 is 0 Å². The van der Waals surface area contributed by atoms with Gasteiger partial charge in [-0.15, -0.1) is 6.58 Å². The number of hydrogen-bond acceptors (Lipinski definition) is 2. The SMILES string of the molecule is C=CC(C)c1ccc(Cn2cncn2)cc1. The molecular weight excluding hydrogens is 198 g/mol. The van der Waals surface area contributed by atoms with Crippen LogP contribution < -0.4 is 0 Å². The van der Waals surface area contributed by atoms with Gasteiger partial charge in [0, 0.05) is 0 Å². The highest BCUT2D eigenvalue weighted by atomic mass is 15.3. The predicted molar refractivity (Wildman–Crippen MR) is 64.2 cm³/mol. The maximum atomic E-state index is 4.07. The quantitative estimate of drug-likeness (QED) is 0.731. The summed E-state index contributed by atoms with van der Waals surface area (Å²) in [6.45, 7) is 6.70. The number of hydrogen-bond donors (Lipinski definition) is 0. The molecule has 0 saturated heterocycles. The van der Waals surface area contributed by atoms with Crippen molar-refractivity contribution in [1.82, 2.24) is 14.8 Å². The van der Waals surface area contributed by atoms with Gasteiger partial charge in [-0.3, -0.25) is 0 Å². The number of rotatable bonds is 4. The largest absolute Gasteiger partial charge is 0.249 e. The molecule has 3 nitrogen and oxygen atoms in total. The molecule has 1 atom stereocenters. The van der Waals surface area contributed by atoms with E-state index in [9.17, 15) is 0 Å². The third kappa shape index (κ3) is 2.37. The standard InChI is InChI=1S/C13H15N3/c1-3-11(2)13-6-4-12(5-7-13)8-16-10-14-9-15-16/h3-7,9-11H,1,8H2,2H3. The van der Waals surface area contributed by atoms with Gasteiger partial charge in [-0.05, 0) is 17.0 Å². The molecule has 1 aromatic carbocycles. The van der Waals surface area contributed by atoms with Gasteiger partial charge >= 0.3 is 0 Å². The van der Waals surface area contributed by atoms with Gasteiger partial charge < -0.3 is 0 Å². The molecular formula is C13H15N3. The van der Waals surface area contributed by atoms with Crippen LogP contribution in [-0.4, -0.2) is 14.8 Å². The van der Waals surface area contributed by atoms with Crippen LogP contribution in [0, 0.1) is 0 Å². The molecule has 0 saturated carbocycles. The molecule has 0 bridgehead atoms. The Morgan fingerprint density at radius 2 is 2.12 bits per heavy atom. The van der Waals surface area contributed by atoms with Gasteiger partial charge in [-0.1, -0.05) is 37.3 Å². The zero-order valence-corrected chi connectivity index (χ0v) is 9.37. The minimum Gasteiger partial charge on any atom is -0.249 e. The molecule has 2 rings (SSSR count). The Morgan fingerprint density at radius 3 is 2.69 bits per heavy atom. The minimum atomic E-state index is 0.403. The fourth-order valence-corrected chi connectivity index (χ4v) is 1.56. The van der Waals surface area contributed by atoms with E-state index in [0.29, 0.717) is 5.92 Å². The molecule has 0 spiro atoms. The summed E-state index contributed by atoms with van der Waals surface area (Å²) < 4.78 is 1.81. The predicted octanol–water partition coefficient (Wildman–Crippen LogP) is 2.62. The Labute approximate surface area is 95.5 Å². The van der Waals surface area contributed by atoms with Gasteiger partial charge in [0.25, 0.3) is 0 Å². The van der Waals surface area contributed by atoms with Gasteiger partial charge in [0.2, 0.25) is 0 Å². The lowest BCUT2D eigenvalue weighted by Gasteiger charge is -2.07. The Kier molecular flexibility index (Phi) is 3.15. The van der Waals surface area contributed by atoms with E-state index < -0.39 is 0 Å². The molecule has 0 fully saturated rings. The van der Waals surface area contributed by atoms with Gasteiger partial charge in [-0.2, -0.15) is 5.10 Å². The maximum absolute atomic E-state index is 4.07. The smallest absolute Gasteiger partial charge is 0.137 e. The summed E-state index contributed by atoms with van der Waals surface area (Å²) in [6.07, 6.45) is 5.22. The second kappa shape index (κ2) is 4.75. The molecule has 0 N–H and O–H groups in total. The van der Waals surface area contributed by atoms with Crippen LogP contribution in [0.1, 0.15) is 24.0 Å². The van der Waals surface area contributed by atoms with Crippen molar-refractivity contribution in [2.24, 2.45) is 0 Å². The molecule has 1 unspecified atom stereocenters. The highest BCUT2D eigenvalue weighted by Gasteiger charge is 2.01. The molecule has 16 heavy (non-hydrogen) atoms. The second-order valence-corrected chi connectivity index (χ2v) is 3.86. The first kappa shape index (κ1) is 10.6. The number of nitrogens with zero attached hydrogens (tertiary/aromatic N) is 3. The van der Waals surface area contributed by atoms with E-state index in [1.165, 1.54) is 11.1 Å². The normalized spacial score (nSPS) is 12.3. The molecule has 0 aliphatic heterocycles. The summed E-state index contributed by atoms with van der Waals surface area (Å²) in [7, 11) is 0. The van der Waals surface area contributed by atoms with Crippen LogP contribution in [0.2, 0.25) is 0 Å². The van der Waals surface area contributed by atoms with Crippen LogP contribution in [0.15, 0.2) is 49.6 Å². The van der Waals surface area contributed by atoms with E-state index in [-0.39, 0.29) is 0 Å². The monoisotopic (exact) mass is 213 g/mol. The van der Waals surface area contributed by atoms with Crippen molar-refractivity contribution < 1.29 is 0 Å². The third-order valence-electron chi connectivity index (χ3n) is 2.67. The molecule has 0 aliphatic carbocycles. The first-order valence-corrected chi connectivity index (χ1v) is 5.33. The first-order chi connectivity index (χ1) is 7.79. The van der Waals surface area contributed by atoms with Crippen LogP contribution in [0.3, 0.4) is 0 Å². The van der Waals surface area contributed by atoms with E-state index >= 15 is 0 Å². The van der Waals surface area contributed by atoms with Crippen molar-refractivity contribution in [1.29, 1.82) is 0 Å². The first-order valence-electron chi connectivity index (χ1n) is 5.33. The number of aromatic nitrogens is 3. The third-order valence-corrected chi connectivity index (χ3v) is 2.67. The van der Waals surface area contributed by atoms with Crippen LogP contribution in [0.4, 0.5) is 0 Å². The Hall–Kier alpha value is -1.90. The maximum Gasteiger partial charge on any atom is 0.137 e. The molecule has 2 aromatic rings. The summed E-state index contributed by atoms with van der Waals surface area (Å²) in [5.74, 6) is 0.403. The highest BCUT2D eigenvalue weighted by molar-refractivity contribution is 5.27. The zero-order chi connectivity index (χ0) is 11.4. The van der Waals surface area contributed by atoms with Crippen molar-refractivity contribution in [3.63, 3.8) is 0 Å². The number of benzene rings is 1. The van der Waals surface area contributed by atoms with E-state index in [2.05, 4.69) is 47.9 Å². The van der Waals surface area contributed by atoms with E-state index in [4.69, 9.17) is 0 Å². The molecule has 0 radical (unpaired) electrons. The van der Waals surface area contributed by atoms with E-state index in [1.807, 2.05) is 10.8 Å². The topological polar surface area (TPSA) is 30.7 Å². The lowest BCUT2D eigenvalue weighted by Crippen LogP contribution is -2.00. The fraction of sp³-hybridized carbons (Fsp3) is 0.231. The minimum absolute atomic E-state index is 0.403. The van der Waals surface area contributed by atoms with E-state index in [1.54, 1.807) is 12.7 Å². The highest BCUT2D eigenvalue weighted by Crippen LogP contribution is 2.16. The molecule has 82 valence electrons. The molecule has 1 heterocycles. The average molecular weight is 213 g/mol. The van der Waals surface area contributed by atoms with Gasteiger partial charge in [0.15, 0.2) is 0 Å². The van der Waals surface area contributed by atoms with E-state index in [0.717, 1.165) is 6.54 Å². The molecule has 3 heteroatoms. The number of allylic oxidation sites excluding steroid dienone is 1. The summed E-state index contributed by atoms with van der Waals surface area (Å²) >= 11 is 0. The molecule has 1 aromatic heterocycles. The molecule has 0 amide bonds. The van der Waals surface area contributed by atoms with Crippen LogP contribution in [0.5, 0.6) is 0 Å². The van der Waals surface area contributed by atoms with Crippen molar-refractivity contribution in [2.45, 2.75) is 19.4 Å². The lowest BCUT2D eigenvalue weighted by molar-refractivity contribution is 0.684. The van der Waals surface area contributed by atoms with Crippen molar-refractivity contribution in [2.75, 3.05) is 0 Å². The molecule has 0 aliphatic rings. The van der Waals surface area contributed by atoms with Gasteiger partial charge in [-0.25, -0.2) is 9.67 Å². The second-order valence-electron chi connectivity index (χ2n) is 3.86. The average Bonchev–Trinajstić information content (AvgIpc) is 2.82. The Balaban J connectivity index is 2.10. The Bertz CT molecular complexity index is 443. The van der Waals surface area contributed by atoms with Crippen LogP contribution in [-0.2, 0) is 6.54 Å². The lowest BCUT2D eigenvalue weighted by atomic mass is 10.0. The van der Waals surface area contributed by atoms with Crippen LogP contribution in [0.25, 0.3) is 0 Å².